The van der Waals surface area contributed by atoms with Crippen LogP contribution >= 0.6 is 0 Å². The molecule has 100 valence electrons. The maximum atomic E-state index is 11.1. The van der Waals surface area contributed by atoms with Gasteiger partial charge in [0, 0.05) is 28.0 Å². The van der Waals surface area contributed by atoms with Crippen LogP contribution in [0.2, 0.25) is 0 Å². The van der Waals surface area contributed by atoms with Gasteiger partial charge >= 0.3 is 0 Å². The largest absolute Gasteiger partial charge is 0.359 e. The third kappa shape index (κ3) is 2.70. The van der Waals surface area contributed by atoms with Gasteiger partial charge in [0.2, 0.25) is 0 Å². The van der Waals surface area contributed by atoms with E-state index in [4.69, 9.17) is 0 Å². The highest BCUT2D eigenvalue weighted by molar-refractivity contribution is 5.90. The highest BCUT2D eigenvalue weighted by atomic mass is 16.1. The summed E-state index contributed by atoms with van der Waals surface area (Å²) in [6, 6.07) is 4.28. The molecule has 1 aromatic heterocycles. The zero-order chi connectivity index (χ0) is 14.2. The number of H-pyrrole nitrogens is 1. The monoisotopic (exact) mass is 256 g/mol. The first kappa shape index (κ1) is 13.4. The van der Waals surface area contributed by atoms with Crippen molar-refractivity contribution in [2.24, 2.45) is 0 Å². The Labute approximate surface area is 113 Å². The molecule has 19 heavy (non-hydrogen) atoms. The van der Waals surface area contributed by atoms with E-state index in [9.17, 15) is 4.79 Å². The zero-order valence-corrected chi connectivity index (χ0v) is 12.1. The van der Waals surface area contributed by atoms with Crippen LogP contribution in [-0.4, -0.2) is 10.8 Å². The van der Waals surface area contributed by atoms with Crippen LogP contribution < -0.4 is 5.32 Å². The zero-order valence-electron chi connectivity index (χ0n) is 12.1. The van der Waals surface area contributed by atoms with Gasteiger partial charge in [-0.3, -0.25) is 4.79 Å². The van der Waals surface area contributed by atoms with E-state index in [1.165, 1.54) is 16.6 Å². The quantitative estimate of drug-likeness (QED) is 0.815. The number of nitrogens with one attached hydrogen (secondary N) is 2. The van der Waals surface area contributed by atoms with Gasteiger partial charge in [0.15, 0.2) is 5.78 Å². The van der Waals surface area contributed by atoms with Crippen LogP contribution in [0.1, 0.15) is 30.7 Å². The number of aromatic amines is 1. The maximum absolute atomic E-state index is 11.1. The minimum Gasteiger partial charge on any atom is -0.359 e. The van der Waals surface area contributed by atoms with E-state index in [1.54, 1.807) is 13.0 Å². The van der Waals surface area contributed by atoms with E-state index in [0.29, 0.717) is 0 Å². The highest BCUT2D eigenvalue weighted by Crippen LogP contribution is 2.28. The standard InChI is InChI=1S/C16H20N2O/c1-9-6-16-14(12(4)13(5)18-16)8-15(9)17-10(2)7-11(3)19/h6-8,17-18H,1-5H3/b10-7-. The first-order chi connectivity index (χ1) is 8.88. The second kappa shape index (κ2) is 4.92. The van der Waals surface area contributed by atoms with Crippen LogP contribution in [0.5, 0.6) is 0 Å². The summed E-state index contributed by atoms with van der Waals surface area (Å²) in [4.78, 5) is 14.5. The Hall–Kier alpha value is -2.03. The van der Waals surface area contributed by atoms with E-state index in [0.717, 1.165) is 22.5 Å². The molecule has 0 bridgehead atoms. The Bertz CT molecular complexity index is 678. The van der Waals surface area contributed by atoms with Gasteiger partial charge in [-0.1, -0.05) is 0 Å². The molecule has 0 saturated heterocycles. The highest BCUT2D eigenvalue weighted by Gasteiger charge is 2.08. The summed E-state index contributed by atoms with van der Waals surface area (Å²) in [5, 5.41) is 4.52. The van der Waals surface area contributed by atoms with Crippen molar-refractivity contribution in [3.05, 3.63) is 40.7 Å². The average molecular weight is 256 g/mol. The number of carbonyl (C=O) groups is 1. The Kier molecular flexibility index (Phi) is 3.47. The van der Waals surface area contributed by atoms with Gasteiger partial charge < -0.3 is 10.3 Å². The van der Waals surface area contributed by atoms with E-state index in [-0.39, 0.29) is 5.78 Å². The van der Waals surface area contributed by atoms with Gasteiger partial charge in [-0.25, -0.2) is 0 Å². The number of hydrogen-bond acceptors (Lipinski definition) is 2. The van der Waals surface area contributed by atoms with Crippen LogP contribution in [0.25, 0.3) is 10.9 Å². The minimum absolute atomic E-state index is 0.0531. The van der Waals surface area contributed by atoms with Gasteiger partial charge in [0.1, 0.15) is 0 Å². The molecule has 0 amide bonds. The summed E-state index contributed by atoms with van der Waals surface area (Å²) in [5.41, 5.74) is 6.69. The molecule has 2 aromatic rings. The number of aryl methyl sites for hydroxylation is 3. The van der Waals surface area contributed by atoms with Gasteiger partial charge in [-0.2, -0.15) is 0 Å². The molecule has 0 aliphatic carbocycles. The van der Waals surface area contributed by atoms with E-state index in [1.807, 2.05) is 6.92 Å². The van der Waals surface area contributed by atoms with Crippen LogP contribution in [-0.2, 0) is 4.79 Å². The molecular weight excluding hydrogens is 236 g/mol. The van der Waals surface area contributed by atoms with Gasteiger partial charge in [-0.05, 0) is 64.0 Å². The molecule has 0 aliphatic heterocycles. The van der Waals surface area contributed by atoms with Crippen molar-refractivity contribution in [2.45, 2.75) is 34.6 Å². The van der Waals surface area contributed by atoms with Crippen LogP contribution in [0.15, 0.2) is 23.9 Å². The third-order valence-corrected chi connectivity index (χ3v) is 3.40. The molecule has 0 radical (unpaired) electrons. The average Bonchev–Trinajstić information content (AvgIpc) is 2.55. The predicted octanol–water partition coefficient (Wildman–Crippen LogP) is 4.00. The molecule has 1 heterocycles. The molecular formula is C16H20N2O. The number of benzene rings is 1. The van der Waals surface area contributed by atoms with Crippen molar-refractivity contribution in [1.29, 1.82) is 0 Å². The molecule has 3 heteroatoms. The van der Waals surface area contributed by atoms with Crippen molar-refractivity contribution in [2.75, 3.05) is 5.32 Å². The number of ketones is 1. The number of rotatable bonds is 3. The van der Waals surface area contributed by atoms with E-state index >= 15 is 0 Å². The lowest BCUT2D eigenvalue weighted by molar-refractivity contribution is -0.112. The number of fused-ring (bicyclic) bond motifs is 1. The first-order valence-electron chi connectivity index (χ1n) is 6.44. The lowest BCUT2D eigenvalue weighted by atomic mass is 10.1. The number of aromatic nitrogens is 1. The topological polar surface area (TPSA) is 44.9 Å². The van der Waals surface area contributed by atoms with E-state index < -0.39 is 0 Å². The Morgan fingerprint density at radius 3 is 2.53 bits per heavy atom. The smallest absolute Gasteiger partial charge is 0.154 e. The Morgan fingerprint density at radius 2 is 1.89 bits per heavy atom. The first-order valence-corrected chi connectivity index (χ1v) is 6.44. The summed E-state index contributed by atoms with van der Waals surface area (Å²) < 4.78 is 0. The molecule has 0 fully saturated rings. The fourth-order valence-corrected chi connectivity index (χ4v) is 2.31. The van der Waals surface area contributed by atoms with Gasteiger partial charge in [0.05, 0.1) is 0 Å². The van der Waals surface area contributed by atoms with Crippen molar-refractivity contribution in [3.63, 3.8) is 0 Å². The van der Waals surface area contributed by atoms with Crippen LogP contribution in [0.3, 0.4) is 0 Å². The van der Waals surface area contributed by atoms with Crippen LogP contribution in [0.4, 0.5) is 5.69 Å². The number of carbonyl (C=O) groups excluding carboxylic acids is 1. The molecule has 0 spiro atoms. The summed E-state index contributed by atoms with van der Waals surface area (Å²) in [7, 11) is 0. The molecule has 0 aliphatic rings. The maximum Gasteiger partial charge on any atom is 0.154 e. The number of hydrogen-bond donors (Lipinski definition) is 2. The molecule has 2 N–H and O–H groups in total. The van der Waals surface area contributed by atoms with Crippen molar-refractivity contribution < 1.29 is 4.79 Å². The Balaban J connectivity index is 2.46. The molecule has 1 aromatic carbocycles. The van der Waals surface area contributed by atoms with Crippen molar-refractivity contribution >= 4 is 22.4 Å². The molecule has 2 rings (SSSR count). The molecule has 0 saturated carbocycles. The minimum atomic E-state index is 0.0531. The van der Waals surface area contributed by atoms with Gasteiger partial charge in [-0.15, -0.1) is 0 Å². The fourth-order valence-electron chi connectivity index (χ4n) is 2.31. The normalized spacial score (nSPS) is 11.9. The van der Waals surface area contributed by atoms with Crippen LogP contribution in [0, 0.1) is 20.8 Å². The second-order valence-electron chi connectivity index (χ2n) is 5.15. The number of allylic oxidation sites excluding steroid dienone is 2. The molecule has 0 unspecified atom stereocenters. The molecule has 0 atom stereocenters. The summed E-state index contributed by atoms with van der Waals surface area (Å²) in [6.45, 7) is 9.72. The third-order valence-electron chi connectivity index (χ3n) is 3.40. The van der Waals surface area contributed by atoms with Crippen molar-refractivity contribution in [1.82, 2.24) is 4.98 Å². The summed E-state index contributed by atoms with van der Waals surface area (Å²) >= 11 is 0. The SMILES string of the molecule is CC(=O)/C=C(/C)Nc1cc2c(C)c(C)[nH]c2cc1C. The molecule has 3 nitrogen and oxygen atoms in total. The summed E-state index contributed by atoms with van der Waals surface area (Å²) in [6.07, 6.45) is 1.61. The van der Waals surface area contributed by atoms with E-state index in [2.05, 4.69) is 43.2 Å². The Morgan fingerprint density at radius 1 is 1.21 bits per heavy atom. The lowest BCUT2D eigenvalue weighted by Crippen LogP contribution is -2.00. The predicted molar refractivity (Wildman–Crippen MR) is 80.6 cm³/mol. The lowest BCUT2D eigenvalue weighted by Gasteiger charge is -2.10. The number of anilines is 1. The van der Waals surface area contributed by atoms with Crippen molar-refractivity contribution in [3.8, 4) is 0 Å². The second-order valence-corrected chi connectivity index (χ2v) is 5.15. The van der Waals surface area contributed by atoms with Gasteiger partial charge in [0.25, 0.3) is 0 Å². The fraction of sp³-hybridized carbons (Fsp3) is 0.312. The summed E-state index contributed by atoms with van der Waals surface area (Å²) in [5.74, 6) is 0.0531.